The van der Waals surface area contributed by atoms with Gasteiger partial charge in [-0.2, -0.15) is 0 Å². The number of alkyl halides is 1. The monoisotopic (exact) mass is 261 g/mol. The van der Waals surface area contributed by atoms with Crippen molar-refractivity contribution >= 4 is 17.3 Å². The first-order valence-corrected chi connectivity index (χ1v) is 6.37. The number of hydrogen-bond acceptors (Lipinski definition) is 2. The van der Waals surface area contributed by atoms with Crippen molar-refractivity contribution in [1.29, 1.82) is 0 Å². The number of nitrogens with one attached hydrogen (secondary N) is 1. The van der Waals surface area contributed by atoms with Gasteiger partial charge in [0, 0.05) is 23.7 Å². The molecule has 3 heteroatoms. The zero-order valence-corrected chi connectivity index (χ0v) is 11.1. The Morgan fingerprint density at radius 3 is 2.44 bits per heavy atom. The molecule has 94 valence electrons. The molecule has 2 rings (SSSR count). The lowest BCUT2D eigenvalue weighted by atomic mass is 10.2. The van der Waals surface area contributed by atoms with Crippen LogP contribution in [0.1, 0.15) is 11.1 Å². The zero-order valence-electron chi connectivity index (χ0n) is 10.3. The number of benzene rings is 2. The molecule has 0 atom stereocenters. The third kappa shape index (κ3) is 3.17. The first-order chi connectivity index (χ1) is 8.83. The second-order valence-electron chi connectivity index (χ2n) is 4.00. The summed E-state index contributed by atoms with van der Waals surface area (Å²) in [6.45, 7) is 0.740. The summed E-state index contributed by atoms with van der Waals surface area (Å²) in [5.74, 6) is 1.45. The standard InChI is InChI=1S/C15H16ClNO/c1-18-15-5-3-2-4-13(15)11-17-14-8-6-12(10-16)7-9-14/h2-9,17H,10-11H2,1H3. The molecule has 2 nitrogen and oxygen atoms in total. The van der Waals surface area contributed by atoms with E-state index in [1.54, 1.807) is 7.11 Å². The molecule has 0 saturated carbocycles. The molecule has 0 fully saturated rings. The molecule has 0 amide bonds. The van der Waals surface area contributed by atoms with E-state index in [4.69, 9.17) is 16.3 Å². The van der Waals surface area contributed by atoms with E-state index in [0.29, 0.717) is 5.88 Å². The molecule has 18 heavy (non-hydrogen) atoms. The summed E-state index contributed by atoms with van der Waals surface area (Å²) < 4.78 is 5.31. The SMILES string of the molecule is COc1ccccc1CNc1ccc(CCl)cc1. The van der Waals surface area contributed by atoms with Crippen molar-refractivity contribution < 1.29 is 4.74 Å². The van der Waals surface area contributed by atoms with E-state index in [-0.39, 0.29) is 0 Å². The van der Waals surface area contributed by atoms with Crippen molar-refractivity contribution in [1.82, 2.24) is 0 Å². The minimum atomic E-state index is 0.548. The van der Waals surface area contributed by atoms with E-state index < -0.39 is 0 Å². The summed E-state index contributed by atoms with van der Waals surface area (Å²) in [5.41, 5.74) is 3.34. The maximum atomic E-state index is 5.75. The van der Waals surface area contributed by atoms with Gasteiger partial charge in [-0.15, -0.1) is 11.6 Å². The molecule has 0 unspecified atom stereocenters. The van der Waals surface area contributed by atoms with Crippen LogP contribution in [-0.2, 0) is 12.4 Å². The lowest BCUT2D eigenvalue weighted by Gasteiger charge is -2.10. The molecule has 0 saturated heterocycles. The summed E-state index contributed by atoms with van der Waals surface area (Å²) in [4.78, 5) is 0. The van der Waals surface area contributed by atoms with Gasteiger partial charge in [0.2, 0.25) is 0 Å². The van der Waals surface area contributed by atoms with Gasteiger partial charge < -0.3 is 10.1 Å². The van der Waals surface area contributed by atoms with Crippen LogP contribution >= 0.6 is 11.6 Å². The van der Waals surface area contributed by atoms with Crippen molar-refractivity contribution in [3.63, 3.8) is 0 Å². The lowest BCUT2D eigenvalue weighted by molar-refractivity contribution is 0.410. The second-order valence-corrected chi connectivity index (χ2v) is 4.26. The van der Waals surface area contributed by atoms with Crippen molar-refractivity contribution in [3.05, 3.63) is 59.7 Å². The summed E-state index contributed by atoms with van der Waals surface area (Å²) in [6, 6.07) is 16.1. The molecule has 0 aliphatic rings. The molecular weight excluding hydrogens is 246 g/mol. The topological polar surface area (TPSA) is 21.3 Å². The molecule has 0 radical (unpaired) electrons. The quantitative estimate of drug-likeness (QED) is 0.820. The van der Waals surface area contributed by atoms with Crippen molar-refractivity contribution in [3.8, 4) is 5.75 Å². The Morgan fingerprint density at radius 2 is 1.78 bits per heavy atom. The normalized spacial score (nSPS) is 10.1. The smallest absolute Gasteiger partial charge is 0.123 e. The van der Waals surface area contributed by atoms with E-state index in [9.17, 15) is 0 Å². The van der Waals surface area contributed by atoms with Crippen LogP contribution in [0, 0.1) is 0 Å². The van der Waals surface area contributed by atoms with Crippen molar-refractivity contribution in [2.24, 2.45) is 0 Å². The Kier molecular flexibility index (Phi) is 4.48. The van der Waals surface area contributed by atoms with E-state index in [1.165, 1.54) is 0 Å². The molecular formula is C15H16ClNO. The van der Waals surface area contributed by atoms with Gasteiger partial charge in [0.25, 0.3) is 0 Å². The van der Waals surface area contributed by atoms with E-state index in [0.717, 1.165) is 29.1 Å². The molecule has 0 spiro atoms. The van der Waals surface area contributed by atoms with Gasteiger partial charge in [-0.25, -0.2) is 0 Å². The fourth-order valence-electron chi connectivity index (χ4n) is 1.76. The highest BCUT2D eigenvalue weighted by atomic mass is 35.5. The molecule has 0 aliphatic heterocycles. The molecule has 0 aliphatic carbocycles. The number of para-hydroxylation sites is 1. The van der Waals surface area contributed by atoms with Crippen LogP contribution in [0.5, 0.6) is 5.75 Å². The first kappa shape index (κ1) is 12.8. The Morgan fingerprint density at radius 1 is 1.06 bits per heavy atom. The van der Waals surface area contributed by atoms with Crippen LogP contribution in [0.4, 0.5) is 5.69 Å². The fraction of sp³-hybridized carbons (Fsp3) is 0.200. The van der Waals surface area contributed by atoms with Crippen LogP contribution in [0.15, 0.2) is 48.5 Å². The fourth-order valence-corrected chi connectivity index (χ4v) is 1.94. The van der Waals surface area contributed by atoms with E-state index in [1.807, 2.05) is 42.5 Å². The average molecular weight is 262 g/mol. The molecule has 0 aromatic heterocycles. The number of rotatable bonds is 5. The highest BCUT2D eigenvalue weighted by Gasteiger charge is 2.01. The Bertz CT molecular complexity index is 496. The minimum Gasteiger partial charge on any atom is -0.496 e. The molecule has 0 bridgehead atoms. The highest BCUT2D eigenvalue weighted by Crippen LogP contribution is 2.19. The van der Waals surface area contributed by atoms with Gasteiger partial charge in [-0.1, -0.05) is 30.3 Å². The predicted molar refractivity (Wildman–Crippen MR) is 76.3 cm³/mol. The van der Waals surface area contributed by atoms with Crippen LogP contribution in [0.3, 0.4) is 0 Å². The summed E-state index contributed by atoms with van der Waals surface area (Å²) >= 11 is 5.75. The molecule has 2 aromatic rings. The van der Waals surface area contributed by atoms with E-state index in [2.05, 4.69) is 11.4 Å². The van der Waals surface area contributed by atoms with Crippen molar-refractivity contribution in [2.75, 3.05) is 12.4 Å². The van der Waals surface area contributed by atoms with Gasteiger partial charge >= 0.3 is 0 Å². The minimum absolute atomic E-state index is 0.548. The summed E-state index contributed by atoms with van der Waals surface area (Å²) in [6.07, 6.45) is 0. The summed E-state index contributed by atoms with van der Waals surface area (Å²) in [5, 5.41) is 3.36. The predicted octanol–water partition coefficient (Wildman–Crippen LogP) is 4.05. The number of anilines is 1. The first-order valence-electron chi connectivity index (χ1n) is 5.84. The second kappa shape index (κ2) is 6.31. The zero-order chi connectivity index (χ0) is 12.8. The van der Waals surface area contributed by atoms with Gasteiger partial charge in [0.1, 0.15) is 5.75 Å². The van der Waals surface area contributed by atoms with Crippen LogP contribution in [0.25, 0.3) is 0 Å². The Balaban J connectivity index is 2.02. The third-order valence-corrected chi connectivity index (χ3v) is 3.09. The van der Waals surface area contributed by atoms with Gasteiger partial charge in [-0.05, 0) is 23.8 Å². The lowest BCUT2D eigenvalue weighted by Crippen LogP contribution is -2.01. The number of ether oxygens (including phenoxy) is 1. The number of methoxy groups -OCH3 is 1. The number of hydrogen-bond donors (Lipinski definition) is 1. The van der Waals surface area contributed by atoms with Gasteiger partial charge in [0.05, 0.1) is 7.11 Å². The number of halogens is 1. The van der Waals surface area contributed by atoms with E-state index >= 15 is 0 Å². The largest absolute Gasteiger partial charge is 0.496 e. The molecule has 1 N–H and O–H groups in total. The Hall–Kier alpha value is -1.67. The van der Waals surface area contributed by atoms with Crippen LogP contribution < -0.4 is 10.1 Å². The van der Waals surface area contributed by atoms with Gasteiger partial charge in [-0.3, -0.25) is 0 Å². The third-order valence-electron chi connectivity index (χ3n) is 2.78. The summed E-state index contributed by atoms with van der Waals surface area (Å²) in [7, 11) is 1.69. The van der Waals surface area contributed by atoms with Gasteiger partial charge in [0.15, 0.2) is 0 Å². The van der Waals surface area contributed by atoms with Crippen LogP contribution in [-0.4, -0.2) is 7.11 Å². The molecule has 2 aromatic carbocycles. The Labute approximate surface area is 113 Å². The average Bonchev–Trinajstić information content (AvgIpc) is 2.46. The maximum Gasteiger partial charge on any atom is 0.123 e. The van der Waals surface area contributed by atoms with Crippen molar-refractivity contribution in [2.45, 2.75) is 12.4 Å². The maximum absolute atomic E-state index is 5.75. The van der Waals surface area contributed by atoms with Crippen LogP contribution in [0.2, 0.25) is 0 Å². The molecule has 0 heterocycles. The highest BCUT2D eigenvalue weighted by molar-refractivity contribution is 6.17.